The van der Waals surface area contributed by atoms with E-state index in [2.05, 4.69) is 18.7 Å². The van der Waals surface area contributed by atoms with Crippen molar-refractivity contribution in [1.29, 1.82) is 0 Å². The standard InChI is InChI=1S/C19H27N3O4S/c1-18(2)10-19(11-20(3)4)12-22(9-16(18)19)27(24,25)13-6-7-15-14(8-13)21(5)17(23)26-15/h6-8,16H,9-12H2,1-5H3/t16-,19+/m1/s1. The minimum Gasteiger partial charge on any atom is -0.408 e. The summed E-state index contributed by atoms with van der Waals surface area (Å²) in [6.45, 7) is 6.45. The summed E-state index contributed by atoms with van der Waals surface area (Å²) in [5.41, 5.74) is 1.06. The van der Waals surface area contributed by atoms with Gasteiger partial charge in [-0.1, -0.05) is 13.8 Å². The molecule has 1 saturated heterocycles. The van der Waals surface area contributed by atoms with Crippen LogP contribution in [0.1, 0.15) is 20.3 Å². The Labute approximate surface area is 159 Å². The van der Waals surface area contributed by atoms with Gasteiger partial charge in [-0.25, -0.2) is 13.2 Å². The predicted molar refractivity (Wildman–Crippen MR) is 103 cm³/mol. The highest BCUT2D eigenvalue weighted by molar-refractivity contribution is 7.89. The fourth-order valence-corrected chi connectivity index (χ4v) is 7.09. The molecule has 4 rings (SSSR count). The van der Waals surface area contributed by atoms with E-state index in [4.69, 9.17) is 4.42 Å². The topological polar surface area (TPSA) is 75.8 Å². The van der Waals surface area contributed by atoms with Crippen molar-refractivity contribution in [3.05, 3.63) is 28.7 Å². The minimum absolute atomic E-state index is 0.0205. The van der Waals surface area contributed by atoms with E-state index in [0.717, 1.165) is 13.0 Å². The van der Waals surface area contributed by atoms with E-state index in [1.165, 1.54) is 10.6 Å². The highest BCUT2D eigenvalue weighted by Crippen LogP contribution is 2.63. The van der Waals surface area contributed by atoms with Gasteiger partial charge in [0.05, 0.1) is 10.4 Å². The summed E-state index contributed by atoms with van der Waals surface area (Å²) in [4.78, 5) is 14.1. The monoisotopic (exact) mass is 393 g/mol. The van der Waals surface area contributed by atoms with Crippen LogP contribution in [0.15, 0.2) is 32.3 Å². The maximum absolute atomic E-state index is 13.3. The first-order valence-electron chi connectivity index (χ1n) is 9.21. The third kappa shape index (κ3) is 2.68. The van der Waals surface area contributed by atoms with E-state index >= 15 is 0 Å². The van der Waals surface area contributed by atoms with Crippen molar-refractivity contribution in [3.8, 4) is 0 Å². The molecular formula is C19H27N3O4S. The van der Waals surface area contributed by atoms with Crippen LogP contribution in [0, 0.1) is 16.7 Å². The van der Waals surface area contributed by atoms with Gasteiger partial charge in [0.2, 0.25) is 10.0 Å². The second-order valence-corrected chi connectivity index (χ2v) is 11.1. The van der Waals surface area contributed by atoms with Gasteiger partial charge in [-0.05, 0) is 50.0 Å². The first kappa shape index (κ1) is 18.7. The SMILES string of the molecule is CN(C)C[C@@]12CN(S(=O)(=O)c3ccc4oc(=O)n(C)c4c3)C[C@@H]1C(C)(C)C2. The lowest BCUT2D eigenvalue weighted by atomic mass is 9.48. The first-order valence-corrected chi connectivity index (χ1v) is 10.6. The number of aromatic nitrogens is 1. The number of benzene rings is 1. The summed E-state index contributed by atoms with van der Waals surface area (Å²) >= 11 is 0. The largest absolute Gasteiger partial charge is 0.419 e. The summed E-state index contributed by atoms with van der Waals surface area (Å²) in [6, 6.07) is 4.64. The van der Waals surface area contributed by atoms with Crippen LogP contribution in [-0.4, -0.2) is 55.9 Å². The highest BCUT2D eigenvalue weighted by atomic mass is 32.2. The molecule has 1 aromatic carbocycles. The lowest BCUT2D eigenvalue weighted by Crippen LogP contribution is -2.57. The molecule has 2 fully saturated rings. The third-order valence-corrected chi connectivity index (χ3v) is 8.21. The number of sulfonamides is 1. The molecule has 0 spiro atoms. The highest BCUT2D eigenvalue weighted by Gasteiger charge is 2.64. The Bertz CT molecular complexity index is 1060. The van der Waals surface area contributed by atoms with Gasteiger partial charge in [-0.15, -0.1) is 0 Å². The van der Waals surface area contributed by atoms with Crippen molar-refractivity contribution >= 4 is 21.1 Å². The Morgan fingerprint density at radius 3 is 2.63 bits per heavy atom. The zero-order valence-corrected chi connectivity index (χ0v) is 17.3. The number of nitrogens with zero attached hydrogens (tertiary/aromatic N) is 3. The van der Waals surface area contributed by atoms with Gasteiger partial charge < -0.3 is 9.32 Å². The number of hydrogen-bond acceptors (Lipinski definition) is 5. The molecule has 2 aliphatic rings. The molecule has 27 heavy (non-hydrogen) atoms. The van der Waals surface area contributed by atoms with Crippen LogP contribution in [0.4, 0.5) is 0 Å². The van der Waals surface area contributed by atoms with Gasteiger partial charge >= 0.3 is 5.76 Å². The van der Waals surface area contributed by atoms with E-state index < -0.39 is 15.8 Å². The molecule has 0 unspecified atom stereocenters. The van der Waals surface area contributed by atoms with E-state index in [1.54, 1.807) is 23.5 Å². The molecule has 8 heteroatoms. The zero-order chi connectivity index (χ0) is 19.8. The molecular weight excluding hydrogens is 366 g/mol. The number of oxazole rings is 1. The second-order valence-electron chi connectivity index (χ2n) is 9.17. The molecule has 2 aromatic rings. The van der Waals surface area contributed by atoms with E-state index in [9.17, 15) is 13.2 Å². The Morgan fingerprint density at radius 2 is 2.00 bits per heavy atom. The van der Waals surface area contributed by atoms with Gasteiger partial charge in [0.25, 0.3) is 0 Å². The molecule has 1 aliphatic heterocycles. The number of fused-ring (bicyclic) bond motifs is 2. The summed E-state index contributed by atoms with van der Waals surface area (Å²) in [6.07, 6.45) is 1.03. The Balaban J connectivity index is 1.71. The van der Waals surface area contributed by atoms with Gasteiger partial charge in [0, 0.05) is 32.1 Å². The Kier molecular flexibility index (Phi) is 3.94. The fraction of sp³-hybridized carbons (Fsp3) is 0.632. The van der Waals surface area contributed by atoms with Crippen LogP contribution >= 0.6 is 0 Å². The molecule has 1 aromatic heterocycles. The predicted octanol–water partition coefficient (Wildman–Crippen LogP) is 1.73. The molecule has 2 heterocycles. The van der Waals surface area contributed by atoms with Crippen LogP contribution in [0.5, 0.6) is 0 Å². The summed E-state index contributed by atoms with van der Waals surface area (Å²) in [5.74, 6) is -0.144. The van der Waals surface area contributed by atoms with Gasteiger partial charge in [-0.3, -0.25) is 4.57 Å². The summed E-state index contributed by atoms with van der Waals surface area (Å²) in [5, 5.41) is 0. The van der Waals surface area contributed by atoms with Crippen molar-refractivity contribution in [2.75, 3.05) is 33.7 Å². The normalized spacial score (nSPS) is 27.9. The van der Waals surface area contributed by atoms with E-state index in [0.29, 0.717) is 30.1 Å². The summed E-state index contributed by atoms with van der Waals surface area (Å²) in [7, 11) is 2.04. The number of rotatable bonds is 4. The quantitative estimate of drug-likeness (QED) is 0.791. The first-order chi connectivity index (χ1) is 12.5. The van der Waals surface area contributed by atoms with Gasteiger partial charge in [0.15, 0.2) is 5.58 Å². The van der Waals surface area contributed by atoms with Crippen LogP contribution < -0.4 is 5.76 Å². The number of aryl methyl sites for hydroxylation is 1. The van der Waals surface area contributed by atoms with Crippen molar-refractivity contribution in [1.82, 2.24) is 13.8 Å². The second kappa shape index (κ2) is 5.68. The molecule has 148 valence electrons. The fourth-order valence-electron chi connectivity index (χ4n) is 5.52. The molecule has 2 atom stereocenters. The lowest BCUT2D eigenvalue weighted by Gasteiger charge is -2.57. The average Bonchev–Trinajstić information content (AvgIpc) is 3.02. The van der Waals surface area contributed by atoms with E-state index in [1.807, 2.05) is 14.1 Å². The Hall–Kier alpha value is -1.64. The molecule has 0 amide bonds. The van der Waals surface area contributed by atoms with E-state index in [-0.39, 0.29) is 15.7 Å². The van der Waals surface area contributed by atoms with Gasteiger partial charge in [0.1, 0.15) is 0 Å². The van der Waals surface area contributed by atoms with Crippen LogP contribution in [0.3, 0.4) is 0 Å². The van der Waals surface area contributed by atoms with Gasteiger partial charge in [-0.2, -0.15) is 4.31 Å². The molecule has 0 radical (unpaired) electrons. The van der Waals surface area contributed by atoms with Crippen LogP contribution in [-0.2, 0) is 17.1 Å². The minimum atomic E-state index is -3.63. The smallest absolute Gasteiger partial charge is 0.408 e. The average molecular weight is 394 g/mol. The molecule has 7 nitrogen and oxygen atoms in total. The molecule has 1 saturated carbocycles. The zero-order valence-electron chi connectivity index (χ0n) is 16.5. The number of hydrogen-bond donors (Lipinski definition) is 0. The maximum Gasteiger partial charge on any atom is 0.419 e. The van der Waals surface area contributed by atoms with Crippen molar-refractivity contribution in [3.63, 3.8) is 0 Å². The van der Waals surface area contributed by atoms with Crippen molar-refractivity contribution in [2.45, 2.75) is 25.2 Å². The Morgan fingerprint density at radius 1 is 1.30 bits per heavy atom. The molecule has 0 bridgehead atoms. The van der Waals surface area contributed by atoms with Crippen molar-refractivity contribution < 1.29 is 12.8 Å². The summed E-state index contributed by atoms with van der Waals surface area (Å²) < 4.78 is 34.8. The molecule has 1 aliphatic carbocycles. The van der Waals surface area contributed by atoms with Crippen molar-refractivity contribution in [2.24, 2.45) is 23.8 Å². The van der Waals surface area contributed by atoms with Crippen LogP contribution in [0.25, 0.3) is 11.1 Å². The molecule has 0 N–H and O–H groups in total. The third-order valence-electron chi connectivity index (χ3n) is 6.40. The lowest BCUT2D eigenvalue weighted by molar-refractivity contribution is -0.0789. The van der Waals surface area contributed by atoms with Crippen LogP contribution in [0.2, 0.25) is 0 Å². The maximum atomic E-state index is 13.3.